The Hall–Kier alpha value is -3.22. The van der Waals surface area contributed by atoms with Crippen molar-refractivity contribution in [3.05, 3.63) is 60.0 Å². The van der Waals surface area contributed by atoms with Crippen LogP contribution in [-0.2, 0) is 16.6 Å². The summed E-state index contributed by atoms with van der Waals surface area (Å²) in [6.07, 6.45) is 6.85. The number of amides is 1. The fourth-order valence-corrected chi connectivity index (χ4v) is 3.21. The maximum Gasteiger partial charge on any atom is 0.251 e. The third kappa shape index (κ3) is 3.72. The first-order valence-corrected chi connectivity index (χ1v) is 9.09. The second-order valence-electron chi connectivity index (χ2n) is 5.28. The lowest BCUT2D eigenvalue weighted by Gasteiger charge is -2.07. The molecule has 2 aromatic heterocycles. The van der Waals surface area contributed by atoms with E-state index in [0.717, 1.165) is 0 Å². The molecule has 1 amide bonds. The number of nitrogens with one attached hydrogen (secondary N) is 2. The van der Waals surface area contributed by atoms with Crippen LogP contribution in [0.1, 0.15) is 16.2 Å². The third-order valence-electron chi connectivity index (χ3n) is 3.58. The van der Waals surface area contributed by atoms with Crippen molar-refractivity contribution in [1.82, 2.24) is 24.6 Å². The predicted molar refractivity (Wildman–Crippen MR) is 94.6 cm³/mol. The van der Waals surface area contributed by atoms with Crippen LogP contribution in [0.2, 0.25) is 0 Å². The van der Waals surface area contributed by atoms with Crippen LogP contribution in [0.25, 0.3) is 5.65 Å². The van der Waals surface area contributed by atoms with Gasteiger partial charge in [0.15, 0.2) is 11.5 Å². The molecule has 0 spiro atoms. The monoisotopic (exact) mass is 369 g/mol. The molecule has 9 heteroatoms. The van der Waals surface area contributed by atoms with Gasteiger partial charge in [0.05, 0.1) is 18.0 Å². The number of terminal acetylenes is 1. The van der Waals surface area contributed by atoms with Crippen molar-refractivity contribution in [2.24, 2.45) is 0 Å². The van der Waals surface area contributed by atoms with Crippen LogP contribution in [0.5, 0.6) is 0 Å². The van der Waals surface area contributed by atoms with Crippen molar-refractivity contribution in [3.8, 4) is 12.3 Å². The summed E-state index contributed by atoms with van der Waals surface area (Å²) in [5.41, 5.74) is 1.01. The standard InChI is InChI=1S/C17H15N5O3S/c1-2-10-19-26(24,25)14-8-6-13(7-9-14)17(23)18-12-16-21-20-15-5-3-4-11-22(15)16/h1,3-9,11,19H,10,12H2,(H,18,23). The number of nitrogens with zero attached hydrogens (tertiary/aromatic N) is 3. The normalized spacial score (nSPS) is 11.2. The second-order valence-corrected chi connectivity index (χ2v) is 7.05. The van der Waals surface area contributed by atoms with E-state index in [2.05, 4.69) is 26.2 Å². The van der Waals surface area contributed by atoms with Crippen LogP contribution in [0.3, 0.4) is 0 Å². The number of benzene rings is 1. The van der Waals surface area contributed by atoms with Crippen molar-refractivity contribution in [2.75, 3.05) is 6.54 Å². The number of pyridine rings is 1. The zero-order chi connectivity index (χ0) is 18.6. The van der Waals surface area contributed by atoms with Gasteiger partial charge in [-0.15, -0.1) is 16.6 Å². The third-order valence-corrected chi connectivity index (χ3v) is 5.00. The van der Waals surface area contributed by atoms with Gasteiger partial charge < -0.3 is 5.32 Å². The Balaban J connectivity index is 1.68. The molecule has 0 aliphatic carbocycles. The zero-order valence-electron chi connectivity index (χ0n) is 13.6. The maximum absolute atomic E-state index is 12.2. The highest BCUT2D eigenvalue weighted by atomic mass is 32.2. The molecule has 0 bridgehead atoms. The van der Waals surface area contributed by atoms with E-state index in [1.54, 1.807) is 10.6 Å². The Morgan fingerprint density at radius 1 is 1.15 bits per heavy atom. The molecule has 3 aromatic rings. The van der Waals surface area contributed by atoms with Crippen LogP contribution < -0.4 is 10.0 Å². The van der Waals surface area contributed by atoms with E-state index in [0.29, 0.717) is 17.0 Å². The van der Waals surface area contributed by atoms with Gasteiger partial charge in [0.2, 0.25) is 10.0 Å². The Morgan fingerprint density at radius 3 is 2.65 bits per heavy atom. The molecule has 0 radical (unpaired) electrons. The van der Waals surface area contributed by atoms with Gasteiger partial charge >= 0.3 is 0 Å². The van der Waals surface area contributed by atoms with E-state index >= 15 is 0 Å². The zero-order valence-corrected chi connectivity index (χ0v) is 14.4. The average Bonchev–Trinajstić information content (AvgIpc) is 3.08. The summed E-state index contributed by atoms with van der Waals surface area (Å²) >= 11 is 0. The molecule has 2 N–H and O–H groups in total. The Bertz CT molecular complexity index is 1080. The van der Waals surface area contributed by atoms with Crippen LogP contribution in [0.4, 0.5) is 0 Å². The Labute approximate surface area is 150 Å². The first-order chi connectivity index (χ1) is 12.5. The van der Waals surface area contributed by atoms with Gasteiger partial charge in [-0.05, 0) is 36.4 Å². The smallest absolute Gasteiger partial charge is 0.251 e. The molecule has 132 valence electrons. The van der Waals surface area contributed by atoms with Gasteiger partial charge in [-0.3, -0.25) is 9.20 Å². The summed E-state index contributed by atoms with van der Waals surface area (Å²) in [6.45, 7) is 0.0880. The minimum Gasteiger partial charge on any atom is -0.345 e. The van der Waals surface area contributed by atoms with Crippen LogP contribution in [0.15, 0.2) is 53.6 Å². The van der Waals surface area contributed by atoms with E-state index in [-0.39, 0.29) is 23.9 Å². The topological polar surface area (TPSA) is 105 Å². The fourth-order valence-electron chi connectivity index (χ4n) is 2.28. The first-order valence-electron chi connectivity index (χ1n) is 7.61. The summed E-state index contributed by atoms with van der Waals surface area (Å²) in [5.74, 6) is 2.44. The van der Waals surface area contributed by atoms with Crippen molar-refractivity contribution in [1.29, 1.82) is 0 Å². The van der Waals surface area contributed by atoms with E-state index in [9.17, 15) is 13.2 Å². The maximum atomic E-state index is 12.2. The molecule has 0 unspecified atom stereocenters. The highest BCUT2D eigenvalue weighted by Gasteiger charge is 2.14. The summed E-state index contributed by atoms with van der Waals surface area (Å²) in [4.78, 5) is 12.3. The molecule has 3 rings (SSSR count). The predicted octanol–water partition coefficient (Wildman–Crippen LogP) is 0.571. The minimum absolute atomic E-state index is 0.0350. The Morgan fingerprint density at radius 2 is 1.92 bits per heavy atom. The lowest BCUT2D eigenvalue weighted by Crippen LogP contribution is -2.25. The number of aromatic nitrogens is 3. The van der Waals surface area contributed by atoms with E-state index < -0.39 is 10.0 Å². The molecule has 2 heterocycles. The number of carbonyl (C=O) groups is 1. The molecule has 0 saturated heterocycles. The fraction of sp³-hybridized carbons (Fsp3) is 0.118. The van der Waals surface area contributed by atoms with E-state index in [4.69, 9.17) is 6.42 Å². The van der Waals surface area contributed by atoms with Gasteiger partial charge in [0, 0.05) is 11.8 Å². The highest BCUT2D eigenvalue weighted by molar-refractivity contribution is 7.89. The van der Waals surface area contributed by atoms with Gasteiger partial charge in [0.1, 0.15) is 0 Å². The van der Waals surface area contributed by atoms with Gasteiger partial charge in [-0.1, -0.05) is 12.0 Å². The SMILES string of the molecule is C#CCNS(=O)(=O)c1ccc(C(=O)NCc2nnc3ccccn23)cc1. The Kier molecular flexibility index (Phi) is 4.97. The molecule has 8 nitrogen and oxygen atoms in total. The highest BCUT2D eigenvalue weighted by Crippen LogP contribution is 2.11. The summed E-state index contributed by atoms with van der Waals surface area (Å²) in [5, 5.41) is 10.8. The lowest BCUT2D eigenvalue weighted by molar-refractivity contribution is 0.0949. The number of hydrogen-bond donors (Lipinski definition) is 2. The number of hydrogen-bond acceptors (Lipinski definition) is 5. The molecule has 0 aliphatic heterocycles. The van der Waals surface area contributed by atoms with E-state index in [1.807, 2.05) is 18.2 Å². The molecule has 26 heavy (non-hydrogen) atoms. The molecule has 0 fully saturated rings. The number of fused-ring (bicyclic) bond motifs is 1. The second kappa shape index (κ2) is 7.35. The molecule has 1 aromatic carbocycles. The van der Waals surface area contributed by atoms with Crippen molar-refractivity contribution < 1.29 is 13.2 Å². The number of rotatable bonds is 6. The summed E-state index contributed by atoms with van der Waals surface area (Å²) in [6, 6.07) is 11.1. The number of carbonyl (C=O) groups excluding carboxylic acids is 1. The van der Waals surface area contributed by atoms with E-state index in [1.165, 1.54) is 24.3 Å². The van der Waals surface area contributed by atoms with Gasteiger partial charge in [0.25, 0.3) is 5.91 Å². The van der Waals surface area contributed by atoms with Crippen molar-refractivity contribution >= 4 is 21.6 Å². The van der Waals surface area contributed by atoms with Crippen LogP contribution >= 0.6 is 0 Å². The van der Waals surface area contributed by atoms with Crippen LogP contribution in [-0.4, -0.2) is 35.5 Å². The molecule has 0 atom stereocenters. The van der Waals surface area contributed by atoms with Crippen molar-refractivity contribution in [2.45, 2.75) is 11.4 Å². The number of sulfonamides is 1. The quantitative estimate of drug-likeness (QED) is 0.618. The minimum atomic E-state index is -3.68. The average molecular weight is 369 g/mol. The van der Waals surface area contributed by atoms with Crippen molar-refractivity contribution in [3.63, 3.8) is 0 Å². The largest absolute Gasteiger partial charge is 0.345 e. The molecular weight excluding hydrogens is 354 g/mol. The molecule has 0 aliphatic rings. The van der Waals surface area contributed by atoms with Gasteiger partial charge in [-0.25, -0.2) is 8.42 Å². The molecule has 0 saturated carbocycles. The first kappa shape index (κ1) is 17.6. The van der Waals surface area contributed by atoms with Crippen LogP contribution in [0, 0.1) is 12.3 Å². The summed E-state index contributed by atoms with van der Waals surface area (Å²) in [7, 11) is -3.68. The van der Waals surface area contributed by atoms with Gasteiger partial charge in [-0.2, -0.15) is 4.72 Å². The lowest BCUT2D eigenvalue weighted by atomic mass is 10.2. The summed E-state index contributed by atoms with van der Waals surface area (Å²) < 4.78 is 27.9. The molecular formula is C17H15N5O3S.